The number of hydrogen-bond acceptors (Lipinski definition) is 5. The lowest BCUT2D eigenvalue weighted by molar-refractivity contribution is -0.123. The number of Topliss-reactive ketones (excluding diaryl/α,β-unsaturated/α-hetero) is 1. The molecule has 1 heterocycles. The van der Waals surface area contributed by atoms with E-state index in [1.54, 1.807) is 48.5 Å². The van der Waals surface area contributed by atoms with Crippen molar-refractivity contribution in [2.24, 2.45) is 23.7 Å². The van der Waals surface area contributed by atoms with E-state index < -0.39 is 5.97 Å². The summed E-state index contributed by atoms with van der Waals surface area (Å²) in [6.07, 6.45) is 3.08. The third-order valence-corrected chi connectivity index (χ3v) is 6.76. The first-order valence-electron chi connectivity index (χ1n) is 10.2. The molecule has 2 bridgehead atoms. The molecule has 2 amide bonds. The van der Waals surface area contributed by atoms with Gasteiger partial charge in [0.15, 0.2) is 5.78 Å². The lowest BCUT2D eigenvalue weighted by Gasteiger charge is -2.19. The summed E-state index contributed by atoms with van der Waals surface area (Å²) in [5, 5.41) is 0. The molecule has 2 saturated carbocycles. The van der Waals surface area contributed by atoms with Gasteiger partial charge in [-0.05, 0) is 86.6 Å². The van der Waals surface area contributed by atoms with Crippen LogP contribution in [-0.4, -0.2) is 23.6 Å². The zero-order chi connectivity index (χ0) is 21.0. The number of fused-ring (bicyclic) bond motifs is 5. The first kappa shape index (κ1) is 18.7. The number of amides is 2. The van der Waals surface area contributed by atoms with Gasteiger partial charge < -0.3 is 4.74 Å². The minimum absolute atomic E-state index is 0.0633. The van der Waals surface area contributed by atoms with Crippen LogP contribution in [0.2, 0.25) is 0 Å². The van der Waals surface area contributed by atoms with E-state index >= 15 is 0 Å². The van der Waals surface area contributed by atoms with Gasteiger partial charge in [0.05, 0.1) is 23.1 Å². The second-order valence-corrected chi connectivity index (χ2v) is 8.41. The zero-order valence-corrected chi connectivity index (χ0v) is 16.5. The van der Waals surface area contributed by atoms with E-state index in [-0.39, 0.29) is 29.4 Å². The molecular weight excluding hydrogens is 382 g/mol. The number of benzene rings is 2. The van der Waals surface area contributed by atoms with E-state index in [4.69, 9.17) is 4.74 Å². The maximum atomic E-state index is 12.9. The SMILES string of the molecule is CC(=O)c1ccc(OC(=O)c2ccc(N3C(=O)[C@@H]4[C@H]5CC[C@@H](C5)[C@@H]4C3=O)cc2)cc1. The Kier molecular flexibility index (Phi) is 4.31. The highest BCUT2D eigenvalue weighted by atomic mass is 16.5. The Morgan fingerprint density at radius 3 is 1.90 bits per heavy atom. The molecule has 1 saturated heterocycles. The van der Waals surface area contributed by atoms with Crippen molar-refractivity contribution in [2.75, 3.05) is 4.90 Å². The minimum atomic E-state index is -0.550. The van der Waals surface area contributed by atoms with Crippen LogP contribution in [0.15, 0.2) is 48.5 Å². The Labute approximate surface area is 173 Å². The van der Waals surface area contributed by atoms with Crippen LogP contribution in [0.5, 0.6) is 5.75 Å². The Hall–Kier alpha value is -3.28. The normalized spacial score (nSPS) is 26.8. The van der Waals surface area contributed by atoms with Crippen molar-refractivity contribution >= 4 is 29.3 Å². The van der Waals surface area contributed by atoms with Crippen molar-refractivity contribution in [3.63, 3.8) is 0 Å². The molecule has 0 unspecified atom stereocenters. The van der Waals surface area contributed by atoms with Crippen LogP contribution < -0.4 is 9.64 Å². The van der Waals surface area contributed by atoms with Crippen LogP contribution in [0.1, 0.15) is 46.9 Å². The number of rotatable bonds is 4. The maximum Gasteiger partial charge on any atom is 0.343 e. The first-order valence-corrected chi connectivity index (χ1v) is 10.2. The Bertz CT molecular complexity index is 1030. The quantitative estimate of drug-likeness (QED) is 0.337. The highest BCUT2D eigenvalue weighted by molar-refractivity contribution is 6.22. The molecule has 2 aromatic carbocycles. The lowest BCUT2D eigenvalue weighted by Crippen LogP contribution is -2.32. The van der Waals surface area contributed by atoms with E-state index in [9.17, 15) is 19.2 Å². The molecule has 2 aromatic rings. The van der Waals surface area contributed by atoms with Crippen LogP contribution in [0.4, 0.5) is 5.69 Å². The van der Waals surface area contributed by atoms with Gasteiger partial charge in [-0.25, -0.2) is 4.79 Å². The fourth-order valence-corrected chi connectivity index (χ4v) is 5.33. The zero-order valence-electron chi connectivity index (χ0n) is 16.5. The molecule has 152 valence electrons. The number of imide groups is 1. The van der Waals surface area contributed by atoms with Gasteiger partial charge in [0.1, 0.15) is 5.75 Å². The predicted octanol–water partition coefficient (Wildman–Crippen LogP) is 3.64. The van der Waals surface area contributed by atoms with Crippen LogP contribution in [0.3, 0.4) is 0 Å². The molecule has 0 radical (unpaired) electrons. The standard InChI is InChI=1S/C24H21NO5/c1-13(26)14-6-10-19(11-7-14)30-24(29)15-4-8-18(9-5-15)25-22(27)20-16-2-3-17(12-16)21(20)23(25)28/h4-11,16-17,20-21H,2-3,12H2,1H3/t16-,17-,20-,21+/m0/s1. The predicted molar refractivity (Wildman–Crippen MR) is 108 cm³/mol. The van der Waals surface area contributed by atoms with Gasteiger partial charge in [-0.1, -0.05) is 0 Å². The Morgan fingerprint density at radius 2 is 1.37 bits per heavy atom. The van der Waals surface area contributed by atoms with Gasteiger partial charge in [-0.3, -0.25) is 19.3 Å². The summed E-state index contributed by atoms with van der Waals surface area (Å²) in [6, 6.07) is 12.7. The molecule has 3 aliphatic rings. The molecule has 1 aliphatic heterocycles. The third-order valence-electron chi connectivity index (χ3n) is 6.76. The highest BCUT2D eigenvalue weighted by Gasteiger charge is 2.61. The van der Waals surface area contributed by atoms with Crippen molar-refractivity contribution in [3.8, 4) is 5.75 Å². The first-order chi connectivity index (χ1) is 14.4. The molecule has 0 N–H and O–H groups in total. The minimum Gasteiger partial charge on any atom is -0.423 e. The van der Waals surface area contributed by atoms with Gasteiger partial charge in [-0.15, -0.1) is 0 Å². The van der Waals surface area contributed by atoms with Crippen LogP contribution in [-0.2, 0) is 9.59 Å². The van der Waals surface area contributed by atoms with Crippen LogP contribution >= 0.6 is 0 Å². The average Bonchev–Trinajstić information content (AvgIpc) is 3.42. The topological polar surface area (TPSA) is 80.8 Å². The monoisotopic (exact) mass is 403 g/mol. The van der Waals surface area contributed by atoms with Gasteiger partial charge in [0, 0.05) is 5.56 Å². The molecule has 0 aromatic heterocycles. The Morgan fingerprint density at radius 1 is 0.833 bits per heavy atom. The van der Waals surface area contributed by atoms with Crippen molar-refractivity contribution in [3.05, 3.63) is 59.7 Å². The summed E-state index contributed by atoms with van der Waals surface area (Å²) in [4.78, 5) is 50.9. The van der Waals surface area contributed by atoms with Gasteiger partial charge in [-0.2, -0.15) is 0 Å². The fraction of sp³-hybridized carbons (Fsp3) is 0.333. The van der Waals surface area contributed by atoms with Gasteiger partial charge >= 0.3 is 5.97 Å². The second-order valence-electron chi connectivity index (χ2n) is 8.41. The summed E-state index contributed by atoms with van der Waals surface area (Å²) in [5.74, 6) is -0.135. The van der Waals surface area contributed by atoms with E-state index in [1.165, 1.54) is 11.8 Å². The van der Waals surface area contributed by atoms with Crippen LogP contribution in [0, 0.1) is 23.7 Å². The number of carbonyl (C=O) groups excluding carboxylic acids is 4. The van der Waals surface area contributed by atoms with Crippen molar-refractivity contribution in [1.29, 1.82) is 0 Å². The molecule has 2 aliphatic carbocycles. The number of ether oxygens (including phenoxy) is 1. The van der Waals surface area contributed by atoms with Crippen molar-refractivity contribution in [2.45, 2.75) is 26.2 Å². The molecule has 3 fully saturated rings. The van der Waals surface area contributed by atoms with Gasteiger partial charge in [0.2, 0.25) is 11.8 Å². The lowest BCUT2D eigenvalue weighted by atomic mass is 9.81. The van der Waals surface area contributed by atoms with Crippen LogP contribution in [0.25, 0.3) is 0 Å². The number of nitrogens with zero attached hydrogens (tertiary/aromatic N) is 1. The number of hydrogen-bond donors (Lipinski definition) is 0. The Balaban J connectivity index is 1.31. The molecule has 5 rings (SSSR count). The van der Waals surface area contributed by atoms with E-state index in [0.29, 0.717) is 34.4 Å². The summed E-state index contributed by atoms with van der Waals surface area (Å²) in [7, 11) is 0. The molecule has 6 nitrogen and oxygen atoms in total. The summed E-state index contributed by atoms with van der Waals surface area (Å²) in [6.45, 7) is 1.47. The van der Waals surface area contributed by atoms with E-state index in [0.717, 1.165) is 19.3 Å². The largest absolute Gasteiger partial charge is 0.423 e. The number of esters is 1. The van der Waals surface area contributed by atoms with Gasteiger partial charge in [0.25, 0.3) is 0 Å². The molecule has 4 atom stereocenters. The van der Waals surface area contributed by atoms with Crippen molar-refractivity contribution in [1.82, 2.24) is 0 Å². The summed E-state index contributed by atoms with van der Waals surface area (Å²) >= 11 is 0. The fourth-order valence-electron chi connectivity index (χ4n) is 5.33. The number of anilines is 1. The molecule has 0 spiro atoms. The van der Waals surface area contributed by atoms with Crippen molar-refractivity contribution < 1.29 is 23.9 Å². The highest BCUT2D eigenvalue weighted by Crippen LogP contribution is 2.56. The second kappa shape index (κ2) is 6.90. The summed E-state index contributed by atoms with van der Waals surface area (Å²) < 4.78 is 5.34. The summed E-state index contributed by atoms with van der Waals surface area (Å²) in [5.41, 5.74) is 1.35. The average molecular weight is 403 g/mol. The molecule has 30 heavy (non-hydrogen) atoms. The third kappa shape index (κ3) is 2.86. The smallest absolute Gasteiger partial charge is 0.343 e. The molecule has 6 heteroatoms. The number of ketones is 1. The van der Waals surface area contributed by atoms with E-state index in [2.05, 4.69) is 0 Å². The number of carbonyl (C=O) groups is 4. The molecular formula is C24H21NO5. The maximum absolute atomic E-state index is 12.9. The van der Waals surface area contributed by atoms with E-state index in [1.807, 2.05) is 0 Å².